The van der Waals surface area contributed by atoms with Crippen molar-refractivity contribution in [2.24, 2.45) is 0 Å². The molecule has 0 saturated carbocycles. The zero-order valence-electron chi connectivity index (χ0n) is 17.1. The highest BCUT2D eigenvalue weighted by molar-refractivity contribution is 5.85. The topological polar surface area (TPSA) is 9.23 Å². The van der Waals surface area contributed by atoms with E-state index in [1.165, 1.54) is 42.0 Å². The van der Waals surface area contributed by atoms with Crippen LogP contribution in [0.1, 0.15) is 62.6 Å². The third kappa shape index (κ3) is 5.89. The van der Waals surface area contributed by atoms with E-state index in [0.717, 1.165) is 36.3 Å². The highest BCUT2D eigenvalue weighted by Gasteiger charge is 1.99. The second-order valence-corrected chi connectivity index (χ2v) is 7.33. The van der Waals surface area contributed by atoms with Crippen molar-refractivity contribution in [1.29, 1.82) is 0 Å². The molecule has 0 saturated heterocycles. The molecule has 0 aromatic heterocycles. The van der Waals surface area contributed by atoms with E-state index in [9.17, 15) is 0 Å². The van der Waals surface area contributed by atoms with Crippen molar-refractivity contribution >= 4 is 10.8 Å². The summed E-state index contributed by atoms with van der Waals surface area (Å²) in [5, 5.41) is 2.39. The molecule has 0 N–H and O–H groups in total. The smallest absolute Gasteiger partial charge is 0.119 e. The molecule has 0 amide bonds. The zero-order chi connectivity index (χ0) is 19.6. The molecule has 0 radical (unpaired) electrons. The molecule has 0 unspecified atom stereocenters. The molecular weight excluding hydrogens is 340 g/mol. The summed E-state index contributed by atoms with van der Waals surface area (Å²) in [7, 11) is 0. The molecule has 3 aromatic carbocycles. The summed E-state index contributed by atoms with van der Waals surface area (Å²) < 4.78 is 5.86. The fraction of sp³-hybridized carbons (Fsp3) is 0.333. The Morgan fingerprint density at radius 1 is 0.679 bits per heavy atom. The van der Waals surface area contributed by atoms with E-state index >= 15 is 0 Å². The third-order valence-electron chi connectivity index (χ3n) is 4.95. The first-order valence-electron chi connectivity index (χ1n) is 10.6. The molecule has 0 heterocycles. The quantitative estimate of drug-likeness (QED) is 0.302. The molecule has 0 aliphatic rings. The molecule has 0 aliphatic carbocycles. The van der Waals surface area contributed by atoms with Gasteiger partial charge in [-0.1, -0.05) is 69.2 Å². The van der Waals surface area contributed by atoms with Crippen LogP contribution in [0.4, 0.5) is 0 Å². The summed E-state index contributed by atoms with van der Waals surface area (Å²) in [5.41, 5.74) is 3.50. The van der Waals surface area contributed by atoms with Gasteiger partial charge in [0.15, 0.2) is 0 Å². The van der Waals surface area contributed by atoms with Crippen LogP contribution in [0.2, 0.25) is 0 Å². The third-order valence-corrected chi connectivity index (χ3v) is 4.95. The Bertz CT molecular complexity index is 941. The minimum atomic E-state index is 0.792. The molecule has 3 aromatic rings. The van der Waals surface area contributed by atoms with Crippen molar-refractivity contribution in [3.63, 3.8) is 0 Å². The van der Waals surface area contributed by atoms with Crippen LogP contribution in [-0.4, -0.2) is 6.61 Å². The van der Waals surface area contributed by atoms with Gasteiger partial charge < -0.3 is 4.74 Å². The molecule has 0 aliphatic heterocycles. The van der Waals surface area contributed by atoms with Crippen LogP contribution < -0.4 is 4.74 Å². The molecule has 0 bridgehead atoms. The molecule has 28 heavy (non-hydrogen) atoms. The van der Waals surface area contributed by atoms with Gasteiger partial charge in [0.05, 0.1) is 6.61 Å². The maximum absolute atomic E-state index is 5.86. The fourth-order valence-electron chi connectivity index (χ4n) is 3.21. The highest BCUT2D eigenvalue weighted by Crippen LogP contribution is 2.22. The van der Waals surface area contributed by atoms with Gasteiger partial charge >= 0.3 is 0 Å². The predicted octanol–water partition coefficient (Wildman–Crippen LogP) is 7.15. The monoisotopic (exact) mass is 370 g/mol. The Balaban J connectivity index is 1.67. The largest absolute Gasteiger partial charge is 0.494 e. The van der Waals surface area contributed by atoms with Crippen LogP contribution in [0.15, 0.2) is 60.7 Å². The van der Waals surface area contributed by atoms with Crippen molar-refractivity contribution in [3.05, 3.63) is 77.4 Å². The van der Waals surface area contributed by atoms with Gasteiger partial charge in [-0.15, -0.1) is 0 Å². The van der Waals surface area contributed by atoms with Crippen molar-refractivity contribution in [2.75, 3.05) is 6.61 Å². The summed E-state index contributed by atoms with van der Waals surface area (Å²) in [6, 6.07) is 21.3. The van der Waals surface area contributed by atoms with E-state index in [2.05, 4.69) is 86.4 Å². The minimum absolute atomic E-state index is 0.792. The second-order valence-electron chi connectivity index (χ2n) is 7.33. The van der Waals surface area contributed by atoms with Gasteiger partial charge in [0.1, 0.15) is 5.75 Å². The van der Waals surface area contributed by atoms with Gasteiger partial charge in [0.25, 0.3) is 0 Å². The molecule has 144 valence electrons. The Kier molecular flexibility index (Phi) is 7.56. The molecule has 0 atom stereocenters. The maximum atomic E-state index is 5.86. The molecule has 0 spiro atoms. The van der Waals surface area contributed by atoms with E-state index in [0.29, 0.717) is 0 Å². The van der Waals surface area contributed by atoms with Crippen LogP contribution >= 0.6 is 0 Å². The number of rotatable bonds is 8. The number of fused-ring (bicyclic) bond motifs is 1. The number of benzene rings is 3. The summed E-state index contributed by atoms with van der Waals surface area (Å²) >= 11 is 0. The summed E-state index contributed by atoms with van der Waals surface area (Å²) in [5.74, 6) is 7.53. The predicted molar refractivity (Wildman–Crippen MR) is 120 cm³/mol. The minimum Gasteiger partial charge on any atom is -0.494 e. The van der Waals surface area contributed by atoms with E-state index in [1.54, 1.807) is 0 Å². The highest BCUT2D eigenvalue weighted by atomic mass is 16.5. The normalized spacial score (nSPS) is 10.5. The van der Waals surface area contributed by atoms with Crippen LogP contribution in [0, 0.1) is 11.8 Å². The lowest BCUT2D eigenvalue weighted by Gasteiger charge is -2.07. The average Bonchev–Trinajstić information content (AvgIpc) is 2.74. The lowest BCUT2D eigenvalue weighted by Crippen LogP contribution is -1.96. The molecule has 0 fully saturated rings. The number of ether oxygens (including phenoxy) is 1. The van der Waals surface area contributed by atoms with Gasteiger partial charge in [-0.05, 0) is 72.0 Å². The van der Waals surface area contributed by atoms with E-state index in [4.69, 9.17) is 4.74 Å². The summed E-state index contributed by atoms with van der Waals surface area (Å²) in [6.45, 7) is 5.23. The van der Waals surface area contributed by atoms with Gasteiger partial charge in [-0.3, -0.25) is 0 Å². The SMILES string of the molecule is CCCCCOc1ccc2cc(C#Cc3ccc(CCCC)cc3)ccc2c1. The fourth-order valence-corrected chi connectivity index (χ4v) is 3.21. The number of hydrogen-bond donors (Lipinski definition) is 0. The Labute approximate surface area is 169 Å². The lowest BCUT2D eigenvalue weighted by molar-refractivity contribution is 0.306. The summed E-state index contributed by atoms with van der Waals surface area (Å²) in [6.07, 6.45) is 7.18. The van der Waals surface area contributed by atoms with Gasteiger partial charge in [-0.25, -0.2) is 0 Å². The Morgan fingerprint density at radius 2 is 1.36 bits per heavy atom. The van der Waals surface area contributed by atoms with Gasteiger partial charge in [0.2, 0.25) is 0 Å². The molecular formula is C27H30O. The van der Waals surface area contributed by atoms with Gasteiger partial charge in [0, 0.05) is 11.1 Å². The first-order valence-corrected chi connectivity index (χ1v) is 10.6. The first-order chi connectivity index (χ1) is 13.8. The standard InChI is InChI=1S/C27H30O/c1-3-5-7-19-28-27-18-17-25-20-24(15-16-26(25)21-27)14-13-23-11-9-22(10-12-23)8-6-4-2/h9-12,15-18,20-21H,3-8,19H2,1-2H3. The summed E-state index contributed by atoms with van der Waals surface area (Å²) in [4.78, 5) is 0. The maximum Gasteiger partial charge on any atom is 0.119 e. The van der Waals surface area contributed by atoms with Crippen molar-refractivity contribution in [1.82, 2.24) is 0 Å². The van der Waals surface area contributed by atoms with E-state index in [-0.39, 0.29) is 0 Å². The Morgan fingerprint density at radius 3 is 2.14 bits per heavy atom. The number of unbranched alkanes of at least 4 members (excludes halogenated alkanes) is 3. The van der Waals surface area contributed by atoms with Crippen LogP contribution in [0.5, 0.6) is 5.75 Å². The molecule has 1 nitrogen and oxygen atoms in total. The first kappa shape index (κ1) is 20.0. The number of hydrogen-bond acceptors (Lipinski definition) is 1. The van der Waals surface area contributed by atoms with Crippen LogP contribution in [0.3, 0.4) is 0 Å². The van der Waals surface area contributed by atoms with E-state index in [1.807, 2.05) is 0 Å². The van der Waals surface area contributed by atoms with E-state index < -0.39 is 0 Å². The van der Waals surface area contributed by atoms with Crippen molar-refractivity contribution in [2.45, 2.75) is 52.4 Å². The second kappa shape index (κ2) is 10.6. The zero-order valence-corrected chi connectivity index (χ0v) is 17.1. The lowest BCUT2D eigenvalue weighted by atomic mass is 10.1. The van der Waals surface area contributed by atoms with Crippen molar-refractivity contribution < 1.29 is 4.74 Å². The average molecular weight is 371 g/mol. The van der Waals surface area contributed by atoms with Crippen LogP contribution in [0.25, 0.3) is 10.8 Å². The molecule has 3 rings (SSSR count). The van der Waals surface area contributed by atoms with Crippen LogP contribution in [-0.2, 0) is 6.42 Å². The molecule has 1 heteroatoms. The van der Waals surface area contributed by atoms with Crippen molar-refractivity contribution in [3.8, 4) is 17.6 Å². The Hall–Kier alpha value is -2.72. The van der Waals surface area contributed by atoms with Gasteiger partial charge in [-0.2, -0.15) is 0 Å². The number of aryl methyl sites for hydroxylation is 1.